The highest BCUT2D eigenvalue weighted by Gasteiger charge is 2.15. The average molecular weight is 265 g/mol. The predicted octanol–water partition coefficient (Wildman–Crippen LogP) is 1.87. The highest BCUT2D eigenvalue weighted by molar-refractivity contribution is 6.30. The minimum Gasteiger partial charge on any atom is -0.395 e. The van der Waals surface area contributed by atoms with Crippen molar-refractivity contribution >= 4 is 17.3 Å². The van der Waals surface area contributed by atoms with Gasteiger partial charge in [-0.25, -0.2) is 0 Å². The summed E-state index contributed by atoms with van der Waals surface area (Å²) >= 11 is 5.89. The van der Waals surface area contributed by atoms with Gasteiger partial charge in [-0.3, -0.25) is 0 Å². The number of rotatable bonds is 4. The van der Waals surface area contributed by atoms with Gasteiger partial charge in [0, 0.05) is 30.4 Å². The van der Waals surface area contributed by atoms with Gasteiger partial charge < -0.3 is 15.7 Å². The van der Waals surface area contributed by atoms with Crippen molar-refractivity contribution in [3.8, 4) is 0 Å². The molecular weight excluding hydrogens is 248 g/mol. The average Bonchev–Trinajstić information content (AvgIpc) is 2.40. The van der Waals surface area contributed by atoms with Gasteiger partial charge in [0.05, 0.1) is 6.61 Å². The Bertz CT molecular complexity index is 465. The van der Waals surface area contributed by atoms with Crippen LogP contribution in [0.4, 0.5) is 0 Å². The van der Waals surface area contributed by atoms with Crippen LogP contribution in [0.2, 0.25) is 5.02 Å². The molecule has 1 aliphatic heterocycles. The quantitative estimate of drug-likeness (QED) is 0.873. The largest absolute Gasteiger partial charge is 0.395 e. The Morgan fingerprint density at radius 2 is 1.94 bits per heavy atom. The van der Waals surface area contributed by atoms with Crippen molar-refractivity contribution in [2.24, 2.45) is 5.73 Å². The van der Waals surface area contributed by atoms with Gasteiger partial charge >= 0.3 is 0 Å². The SMILES string of the molecule is NCC1=CC=C(c2ccc(Cl)cc2)N(CCO)C1. The first-order chi connectivity index (χ1) is 8.74. The van der Waals surface area contributed by atoms with Crippen molar-refractivity contribution in [1.82, 2.24) is 4.90 Å². The summed E-state index contributed by atoms with van der Waals surface area (Å²) in [7, 11) is 0. The molecular formula is C14H17ClN2O. The summed E-state index contributed by atoms with van der Waals surface area (Å²) in [6.45, 7) is 2.05. The van der Waals surface area contributed by atoms with Crippen LogP contribution in [0, 0.1) is 0 Å². The Morgan fingerprint density at radius 3 is 2.56 bits per heavy atom. The molecule has 0 amide bonds. The number of aliphatic hydroxyl groups is 1. The van der Waals surface area contributed by atoms with E-state index in [1.807, 2.05) is 30.3 Å². The normalized spacial score (nSPS) is 15.4. The summed E-state index contributed by atoms with van der Waals surface area (Å²) in [5.74, 6) is 0. The summed E-state index contributed by atoms with van der Waals surface area (Å²) in [5.41, 5.74) is 9.02. The van der Waals surface area contributed by atoms with Crippen molar-refractivity contribution < 1.29 is 5.11 Å². The van der Waals surface area contributed by atoms with Crippen LogP contribution in [-0.4, -0.2) is 36.2 Å². The van der Waals surface area contributed by atoms with E-state index in [2.05, 4.69) is 11.0 Å². The zero-order valence-electron chi connectivity index (χ0n) is 10.1. The van der Waals surface area contributed by atoms with Crippen LogP contribution in [0.3, 0.4) is 0 Å². The van der Waals surface area contributed by atoms with Crippen molar-refractivity contribution in [1.29, 1.82) is 0 Å². The number of β-amino-alcohol motifs (C(OH)–C–C–N with tert-alkyl or cyclic N) is 1. The van der Waals surface area contributed by atoms with E-state index in [0.29, 0.717) is 13.1 Å². The van der Waals surface area contributed by atoms with Gasteiger partial charge in [0.2, 0.25) is 0 Å². The lowest BCUT2D eigenvalue weighted by atomic mass is 10.0. The van der Waals surface area contributed by atoms with E-state index in [4.69, 9.17) is 22.4 Å². The van der Waals surface area contributed by atoms with E-state index in [-0.39, 0.29) is 6.61 Å². The van der Waals surface area contributed by atoms with Crippen molar-refractivity contribution in [2.75, 3.05) is 26.2 Å². The third kappa shape index (κ3) is 2.93. The third-order valence-electron chi connectivity index (χ3n) is 2.98. The van der Waals surface area contributed by atoms with Crippen LogP contribution < -0.4 is 5.73 Å². The van der Waals surface area contributed by atoms with Gasteiger partial charge in [0.1, 0.15) is 0 Å². The summed E-state index contributed by atoms with van der Waals surface area (Å²) in [4.78, 5) is 2.13. The molecule has 3 N–H and O–H groups in total. The minimum absolute atomic E-state index is 0.128. The summed E-state index contributed by atoms with van der Waals surface area (Å²) < 4.78 is 0. The maximum Gasteiger partial charge on any atom is 0.0606 e. The zero-order valence-corrected chi connectivity index (χ0v) is 10.9. The lowest BCUT2D eigenvalue weighted by molar-refractivity contribution is 0.249. The lowest BCUT2D eigenvalue weighted by Crippen LogP contribution is -2.31. The standard InChI is InChI=1S/C14H17ClN2O/c15-13-4-2-12(3-5-13)14-6-1-11(9-16)10-17(14)7-8-18/h1-6,18H,7-10,16H2. The zero-order chi connectivity index (χ0) is 13.0. The summed E-state index contributed by atoms with van der Waals surface area (Å²) in [6, 6.07) is 7.72. The maximum absolute atomic E-state index is 9.15. The molecule has 1 aromatic rings. The van der Waals surface area contributed by atoms with Gasteiger partial charge in [-0.1, -0.05) is 29.8 Å². The second-order valence-corrected chi connectivity index (χ2v) is 4.67. The van der Waals surface area contributed by atoms with Crippen LogP contribution in [0.1, 0.15) is 5.56 Å². The van der Waals surface area contributed by atoms with Crippen LogP contribution >= 0.6 is 11.6 Å². The van der Waals surface area contributed by atoms with Gasteiger partial charge in [0.25, 0.3) is 0 Å². The monoisotopic (exact) mass is 264 g/mol. The molecule has 0 atom stereocenters. The molecule has 96 valence electrons. The Balaban J connectivity index is 2.30. The van der Waals surface area contributed by atoms with Crippen LogP contribution in [0.25, 0.3) is 5.70 Å². The smallest absolute Gasteiger partial charge is 0.0606 e. The first-order valence-corrected chi connectivity index (χ1v) is 6.34. The van der Waals surface area contributed by atoms with E-state index >= 15 is 0 Å². The van der Waals surface area contributed by atoms with Crippen molar-refractivity contribution in [3.63, 3.8) is 0 Å². The second-order valence-electron chi connectivity index (χ2n) is 4.23. The fraction of sp³-hybridized carbons (Fsp3) is 0.286. The molecule has 0 unspecified atom stereocenters. The van der Waals surface area contributed by atoms with Crippen molar-refractivity contribution in [3.05, 3.63) is 52.6 Å². The van der Waals surface area contributed by atoms with E-state index in [0.717, 1.165) is 22.8 Å². The molecule has 0 aromatic heterocycles. The van der Waals surface area contributed by atoms with E-state index in [9.17, 15) is 0 Å². The Labute approximate surface area is 112 Å². The topological polar surface area (TPSA) is 49.5 Å². The Hall–Kier alpha value is -1.29. The molecule has 0 fully saturated rings. The molecule has 4 heteroatoms. The molecule has 2 rings (SSSR count). The predicted molar refractivity (Wildman–Crippen MR) is 75.2 cm³/mol. The first kappa shape index (κ1) is 13.1. The number of hydrogen-bond donors (Lipinski definition) is 2. The molecule has 0 aliphatic carbocycles. The summed E-state index contributed by atoms with van der Waals surface area (Å²) in [6.07, 6.45) is 4.10. The maximum atomic E-state index is 9.15. The fourth-order valence-electron chi connectivity index (χ4n) is 2.04. The number of nitrogens with zero attached hydrogens (tertiary/aromatic N) is 1. The molecule has 0 spiro atoms. The molecule has 0 saturated heterocycles. The number of benzene rings is 1. The Kier molecular flexibility index (Phi) is 4.42. The molecule has 1 aliphatic rings. The molecule has 0 saturated carbocycles. The lowest BCUT2D eigenvalue weighted by Gasteiger charge is -2.30. The molecule has 1 heterocycles. The second kappa shape index (κ2) is 6.05. The minimum atomic E-state index is 0.128. The third-order valence-corrected chi connectivity index (χ3v) is 3.24. The van der Waals surface area contributed by atoms with Crippen LogP contribution in [-0.2, 0) is 0 Å². The van der Waals surface area contributed by atoms with Crippen LogP contribution in [0.15, 0.2) is 42.0 Å². The van der Waals surface area contributed by atoms with Gasteiger partial charge in [-0.05, 0) is 29.3 Å². The molecule has 0 bridgehead atoms. The van der Waals surface area contributed by atoms with E-state index in [1.54, 1.807) is 0 Å². The molecule has 18 heavy (non-hydrogen) atoms. The molecule has 3 nitrogen and oxygen atoms in total. The van der Waals surface area contributed by atoms with Gasteiger partial charge in [0.15, 0.2) is 0 Å². The summed E-state index contributed by atoms with van der Waals surface area (Å²) in [5, 5.41) is 9.87. The van der Waals surface area contributed by atoms with E-state index in [1.165, 1.54) is 5.57 Å². The number of halogens is 1. The van der Waals surface area contributed by atoms with Gasteiger partial charge in [-0.2, -0.15) is 0 Å². The van der Waals surface area contributed by atoms with Crippen molar-refractivity contribution in [2.45, 2.75) is 0 Å². The molecule has 1 aromatic carbocycles. The first-order valence-electron chi connectivity index (χ1n) is 5.96. The van der Waals surface area contributed by atoms with E-state index < -0.39 is 0 Å². The van der Waals surface area contributed by atoms with Gasteiger partial charge in [-0.15, -0.1) is 0 Å². The number of nitrogens with two attached hydrogens (primary N) is 1. The fourth-order valence-corrected chi connectivity index (χ4v) is 2.16. The Morgan fingerprint density at radius 1 is 1.22 bits per heavy atom. The van der Waals surface area contributed by atoms with Crippen LogP contribution in [0.5, 0.6) is 0 Å². The molecule has 0 radical (unpaired) electrons. The highest BCUT2D eigenvalue weighted by atomic mass is 35.5. The number of aliphatic hydroxyl groups excluding tert-OH is 1. The highest BCUT2D eigenvalue weighted by Crippen LogP contribution is 2.25. The number of hydrogen-bond acceptors (Lipinski definition) is 3. The number of allylic oxidation sites excluding steroid dienone is 2.